The molecular weight excluding hydrogens is 252 g/mol. The molecule has 3 rings (SSSR count). The van der Waals surface area contributed by atoms with E-state index in [1.807, 2.05) is 4.68 Å². The zero-order valence-electron chi connectivity index (χ0n) is 12.5. The summed E-state index contributed by atoms with van der Waals surface area (Å²) < 4.78 is 1.95. The summed E-state index contributed by atoms with van der Waals surface area (Å²) in [7, 11) is 0. The molecule has 1 aromatic heterocycles. The highest BCUT2D eigenvalue weighted by Gasteiger charge is 2.26. The van der Waals surface area contributed by atoms with Crippen LogP contribution in [0.4, 0.5) is 0 Å². The van der Waals surface area contributed by atoms with Crippen LogP contribution in [0, 0.1) is 0 Å². The molecule has 0 N–H and O–H groups in total. The zero-order valence-corrected chi connectivity index (χ0v) is 12.5. The van der Waals surface area contributed by atoms with E-state index in [1.165, 1.54) is 38.8 Å². The van der Waals surface area contributed by atoms with Crippen molar-refractivity contribution < 1.29 is 0 Å². The number of nitrogens with zero attached hydrogens (tertiary/aromatic N) is 6. The molecule has 6 nitrogen and oxygen atoms in total. The van der Waals surface area contributed by atoms with E-state index in [0.717, 1.165) is 44.5 Å². The molecule has 1 saturated heterocycles. The van der Waals surface area contributed by atoms with Crippen molar-refractivity contribution in [2.45, 2.75) is 58.2 Å². The normalized spacial score (nSPS) is 22.6. The lowest BCUT2D eigenvalue weighted by Gasteiger charge is -2.37. The van der Waals surface area contributed by atoms with Gasteiger partial charge in [-0.15, -0.1) is 5.10 Å². The summed E-state index contributed by atoms with van der Waals surface area (Å²) in [6, 6.07) is 0.863. The largest absolute Gasteiger partial charge is 0.298 e. The van der Waals surface area contributed by atoms with Gasteiger partial charge < -0.3 is 0 Å². The molecule has 2 aliphatic rings. The Balaban J connectivity index is 1.49. The van der Waals surface area contributed by atoms with Crippen LogP contribution in [0.15, 0.2) is 0 Å². The number of hydrogen-bond acceptors (Lipinski definition) is 5. The lowest BCUT2D eigenvalue weighted by Crippen LogP contribution is -2.49. The van der Waals surface area contributed by atoms with E-state index in [9.17, 15) is 0 Å². The van der Waals surface area contributed by atoms with Gasteiger partial charge in [-0.3, -0.25) is 9.80 Å². The van der Waals surface area contributed by atoms with Crippen molar-refractivity contribution in [1.29, 1.82) is 0 Å². The highest BCUT2D eigenvalue weighted by molar-refractivity contribution is 4.86. The van der Waals surface area contributed by atoms with Gasteiger partial charge in [-0.1, -0.05) is 19.8 Å². The summed E-state index contributed by atoms with van der Waals surface area (Å²) >= 11 is 0. The quantitative estimate of drug-likeness (QED) is 0.808. The third-order valence-corrected chi connectivity index (χ3v) is 4.65. The monoisotopic (exact) mass is 278 g/mol. The molecule has 0 unspecified atom stereocenters. The molecule has 2 fully saturated rings. The van der Waals surface area contributed by atoms with Crippen molar-refractivity contribution in [3.05, 3.63) is 5.82 Å². The second kappa shape index (κ2) is 6.63. The molecule has 0 aromatic carbocycles. The SMILES string of the molecule is CCCn1nnnc1CN1CCN(C2CCCC2)CC1. The van der Waals surface area contributed by atoms with Crippen LogP contribution in [0.3, 0.4) is 0 Å². The van der Waals surface area contributed by atoms with E-state index in [1.54, 1.807) is 0 Å². The predicted octanol–water partition coefficient (Wildman–Crippen LogP) is 1.14. The van der Waals surface area contributed by atoms with Gasteiger partial charge in [0.1, 0.15) is 0 Å². The van der Waals surface area contributed by atoms with Gasteiger partial charge in [0.15, 0.2) is 5.82 Å². The van der Waals surface area contributed by atoms with Gasteiger partial charge in [-0.05, 0) is 29.7 Å². The summed E-state index contributed by atoms with van der Waals surface area (Å²) in [5.74, 6) is 1.01. The van der Waals surface area contributed by atoms with Gasteiger partial charge >= 0.3 is 0 Å². The first-order chi connectivity index (χ1) is 9.86. The van der Waals surface area contributed by atoms with Gasteiger partial charge in [-0.2, -0.15) is 0 Å². The molecule has 6 heteroatoms. The minimum atomic E-state index is 0.863. The Morgan fingerprint density at radius 2 is 1.85 bits per heavy atom. The van der Waals surface area contributed by atoms with Crippen molar-refractivity contribution in [2.24, 2.45) is 0 Å². The number of rotatable bonds is 5. The summed E-state index contributed by atoms with van der Waals surface area (Å²) in [6.07, 6.45) is 6.75. The first-order valence-corrected chi connectivity index (χ1v) is 8.08. The first-order valence-electron chi connectivity index (χ1n) is 8.08. The average Bonchev–Trinajstić information content (AvgIpc) is 3.13. The Kier molecular flexibility index (Phi) is 4.62. The average molecular weight is 278 g/mol. The minimum Gasteiger partial charge on any atom is -0.298 e. The van der Waals surface area contributed by atoms with Crippen molar-refractivity contribution in [3.63, 3.8) is 0 Å². The van der Waals surface area contributed by atoms with Crippen LogP contribution < -0.4 is 0 Å². The molecule has 0 atom stereocenters. The van der Waals surface area contributed by atoms with E-state index >= 15 is 0 Å². The molecule has 0 amide bonds. The van der Waals surface area contributed by atoms with Gasteiger partial charge in [0.2, 0.25) is 0 Å². The fraction of sp³-hybridized carbons (Fsp3) is 0.929. The maximum atomic E-state index is 4.17. The van der Waals surface area contributed by atoms with E-state index in [0.29, 0.717) is 0 Å². The molecule has 1 aliphatic heterocycles. The van der Waals surface area contributed by atoms with Gasteiger partial charge in [-0.25, -0.2) is 4.68 Å². The molecule has 20 heavy (non-hydrogen) atoms. The van der Waals surface area contributed by atoms with Crippen LogP contribution in [0.25, 0.3) is 0 Å². The van der Waals surface area contributed by atoms with Gasteiger partial charge in [0, 0.05) is 38.8 Å². The number of aryl methyl sites for hydroxylation is 1. The maximum absolute atomic E-state index is 4.17. The molecule has 0 spiro atoms. The van der Waals surface area contributed by atoms with Gasteiger partial charge in [0.25, 0.3) is 0 Å². The first kappa shape index (κ1) is 13.9. The Labute approximate surface area is 121 Å². The van der Waals surface area contributed by atoms with Crippen molar-refractivity contribution in [3.8, 4) is 0 Å². The lowest BCUT2D eigenvalue weighted by atomic mass is 10.2. The summed E-state index contributed by atoms with van der Waals surface area (Å²) in [4.78, 5) is 5.18. The molecule has 2 heterocycles. The van der Waals surface area contributed by atoms with Crippen LogP contribution in [0.5, 0.6) is 0 Å². The summed E-state index contributed by atoms with van der Waals surface area (Å²) in [5.41, 5.74) is 0. The van der Waals surface area contributed by atoms with Gasteiger partial charge in [0.05, 0.1) is 6.54 Å². The third kappa shape index (κ3) is 3.17. The molecule has 1 saturated carbocycles. The van der Waals surface area contributed by atoms with Crippen molar-refractivity contribution >= 4 is 0 Å². The van der Waals surface area contributed by atoms with Crippen molar-refractivity contribution in [1.82, 2.24) is 30.0 Å². The van der Waals surface area contributed by atoms with Crippen LogP contribution in [-0.2, 0) is 13.1 Å². The number of piperazine rings is 1. The van der Waals surface area contributed by atoms with E-state index in [-0.39, 0.29) is 0 Å². The topological polar surface area (TPSA) is 50.1 Å². The second-order valence-corrected chi connectivity index (χ2v) is 6.07. The zero-order chi connectivity index (χ0) is 13.8. The highest BCUT2D eigenvalue weighted by atomic mass is 15.5. The van der Waals surface area contributed by atoms with Crippen LogP contribution in [0.2, 0.25) is 0 Å². The molecule has 1 aliphatic carbocycles. The van der Waals surface area contributed by atoms with E-state index < -0.39 is 0 Å². The standard InChI is InChI=1S/C14H26N6/c1-2-7-20-14(15-16-17-20)12-18-8-10-19(11-9-18)13-5-3-4-6-13/h13H,2-12H2,1H3. The number of tetrazole rings is 1. The van der Waals surface area contributed by atoms with Crippen molar-refractivity contribution in [2.75, 3.05) is 26.2 Å². The minimum absolute atomic E-state index is 0.863. The molecule has 112 valence electrons. The third-order valence-electron chi connectivity index (χ3n) is 4.65. The molecule has 1 aromatic rings. The summed E-state index contributed by atoms with van der Waals surface area (Å²) in [6.45, 7) is 8.69. The Morgan fingerprint density at radius 3 is 2.55 bits per heavy atom. The Bertz CT molecular complexity index is 404. The molecule has 0 bridgehead atoms. The second-order valence-electron chi connectivity index (χ2n) is 6.07. The van der Waals surface area contributed by atoms with E-state index in [2.05, 4.69) is 32.2 Å². The van der Waals surface area contributed by atoms with Crippen LogP contribution >= 0.6 is 0 Å². The number of aromatic nitrogens is 4. The maximum Gasteiger partial charge on any atom is 0.165 e. The predicted molar refractivity (Wildman–Crippen MR) is 77.2 cm³/mol. The fourth-order valence-electron chi connectivity index (χ4n) is 3.48. The van der Waals surface area contributed by atoms with Crippen LogP contribution in [-0.4, -0.2) is 62.2 Å². The molecule has 0 radical (unpaired) electrons. The smallest absolute Gasteiger partial charge is 0.165 e. The summed E-state index contributed by atoms with van der Waals surface area (Å²) in [5, 5.41) is 12.0. The highest BCUT2D eigenvalue weighted by Crippen LogP contribution is 2.24. The Hall–Kier alpha value is -1.01. The molecular formula is C14H26N6. The lowest BCUT2D eigenvalue weighted by molar-refractivity contribution is 0.0911. The van der Waals surface area contributed by atoms with Crippen LogP contribution in [0.1, 0.15) is 44.9 Å². The van der Waals surface area contributed by atoms with E-state index in [4.69, 9.17) is 0 Å². The number of hydrogen-bond donors (Lipinski definition) is 0. The fourth-order valence-corrected chi connectivity index (χ4v) is 3.48. The Morgan fingerprint density at radius 1 is 1.10 bits per heavy atom.